The molecule has 0 radical (unpaired) electrons. The third-order valence-corrected chi connectivity index (χ3v) is 0. The molecule has 8 heteroatoms. The molecule has 0 fully saturated rings. The van der Waals surface area contributed by atoms with Gasteiger partial charge < -0.3 is 19.2 Å². The van der Waals surface area contributed by atoms with Gasteiger partial charge in [0.05, 0.1) is 0 Å². The third kappa shape index (κ3) is 119. The Kier molecular flexibility index (Phi) is 24.6. The molecule has 4 nitrogen and oxygen atoms in total. The Morgan fingerprint density at radius 1 is 0.875 bits per heavy atom. The molecular weight excluding hydrogens is 182 g/mol. The van der Waals surface area contributed by atoms with Crippen molar-refractivity contribution in [2.24, 2.45) is 0 Å². The molecule has 0 aliphatic carbocycles. The molecule has 0 aliphatic heterocycles. The van der Waals surface area contributed by atoms with Crippen LogP contribution in [-0.2, 0) is 17.1 Å². The van der Waals surface area contributed by atoms with E-state index in [0.717, 1.165) is 0 Å². The maximum atomic E-state index is 7.33. The van der Waals surface area contributed by atoms with E-state index in [9.17, 15) is 0 Å². The quantitative estimate of drug-likeness (QED) is 0.290. The van der Waals surface area contributed by atoms with Crippen molar-refractivity contribution in [1.82, 2.24) is 0 Å². The molecule has 0 saturated heterocycles. The van der Waals surface area contributed by atoms with Crippen LogP contribution in [0.1, 0.15) is 0 Å². The van der Waals surface area contributed by atoms with Crippen molar-refractivity contribution in [3.05, 3.63) is 0 Å². The molecule has 0 aromatic carbocycles. The van der Waals surface area contributed by atoms with Gasteiger partial charge in [-0.2, -0.15) is 0 Å². The maximum absolute atomic E-state index is 7.33. The average molecular weight is 190 g/mol. The Bertz CT molecular complexity index is 31.5. The van der Waals surface area contributed by atoms with Crippen molar-refractivity contribution >= 4 is 45.3 Å². The molecule has 0 unspecified atom stereocenters. The summed E-state index contributed by atoms with van der Waals surface area (Å²) in [6, 6.07) is 0. The van der Waals surface area contributed by atoms with E-state index in [0.29, 0.717) is 0 Å². The molecule has 4 N–H and O–H groups in total. The summed E-state index contributed by atoms with van der Waals surface area (Å²) in [6.07, 6.45) is 0. The number of hydrogen-bond acceptors (Lipinski definition) is 4. The van der Waals surface area contributed by atoms with Gasteiger partial charge in [0.2, 0.25) is 0 Å². The Labute approximate surface area is 81.2 Å². The second-order valence-corrected chi connectivity index (χ2v) is 1.80. The molecule has 0 amide bonds. The Morgan fingerprint density at radius 3 is 0.875 bits per heavy atom. The molecule has 0 saturated carbocycles. The van der Waals surface area contributed by atoms with E-state index in [1.807, 2.05) is 0 Å². The SMILES string of the molecule is O[Si](O)(O)O.[AlH3].[Fe].[LiH]. The van der Waals surface area contributed by atoms with Crippen LogP contribution in [0.25, 0.3) is 0 Å². The molecule has 0 spiro atoms. The summed E-state index contributed by atoms with van der Waals surface area (Å²) in [4.78, 5) is 29.3. The number of rotatable bonds is 0. The van der Waals surface area contributed by atoms with Crippen LogP contribution in [-0.4, -0.2) is 64.5 Å². The van der Waals surface area contributed by atoms with Crippen molar-refractivity contribution in [3.63, 3.8) is 0 Å². The van der Waals surface area contributed by atoms with Gasteiger partial charge in [0.15, 0.2) is 17.4 Å². The number of hydrogen-bond donors (Lipinski definition) is 4. The second kappa shape index (κ2) is 8.71. The fraction of sp³-hybridized carbons (Fsp3) is 0. The monoisotopic (exact) mass is 190 g/mol. The summed E-state index contributed by atoms with van der Waals surface area (Å²) in [5.41, 5.74) is 0. The van der Waals surface area contributed by atoms with Crippen LogP contribution in [0.5, 0.6) is 0 Å². The first-order valence-corrected chi connectivity index (χ1v) is 2.68. The molecule has 0 aromatic heterocycles. The first-order valence-electron chi connectivity index (χ1n) is 0.894. The van der Waals surface area contributed by atoms with Gasteiger partial charge in [-0.05, 0) is 0 Å². The zero-order chi connectivity index (χ0) is 4.50. The molecule has 0 aromatic rings. The van der Waals surface area contributed by atoms with Crippen molar-refractivity contribution in [2.75, 3.05) is 0 Å². The van der Waals surface area contributed by atoms with E-state index in [1.54, 1.807) is 0 Å². The summed E-state index contributed by atoms with van der Waals surface area (Å²) in [6.45, 7) is 0. The van der Waals surface area contributed by atoms with E-state index in [4.69, 9.17) is 19.2 Å². The van der Waals surface area contributed by atoms with Gasteiger partial charge in [0, 0.05) is 17.1 Å². The molecule has 0 heterocycles. The predicted molar refractivity (Wildman–Crippen MR) is 31.7 cm³/mol. The van der Waals surface area contributed by atoms with Gasteiger partial charge in [-0.25, -0.2) is 0 Å². The average Bonchev–Trinajstić information content (AvgIpc) is 0.722. The van der Waals surface area contributed by atoms with Gasteiger partial charge >= 0.3 is 27.9 Å². The van der Waals surface area contributed by atoms with Gasteiger partial charge in [0.25, 0.3) is 0 Å². The normalized spacial score (nSPS) is 7.50. The molecule has 48 valence electrons. The van der Waals surface area contributed by atoms with Crippen LogP contribution in [0.15, 0.2) is 0 Å². The topological polar surface area (TPSA) is 80.9 Å². The fourth-order valence-corrected chi connectivity index (χ4v) is 0. The Balaban J connectivity index is -0.0000000267. The van der Waals surface area contributed by atoms with Crippen LogP contribution in [0.4, 0.5) is 0 Å². The Hall–Kier alpha value is 1.71. The van der Waals surface area contributed by atoms with Crippen LogP contribution < -0.4 is 0 Å². The summed E-state index contributed by atoms with van der Waals surface area (Å²) >= 11 is 0. The fourth-order valence-electron chi connectivity index (χ4n) is 0. The zero-order valence-corrected chi connectivity index (χ0v) is 4.75. The van der Waals surface area contributed by atoms with E-state index in [2.05, 4.69) is 0 Å². The summed E-state index contributed by atoms with van der Waals surface area (Å²) in [5.74, 6) is 0. The minimum absolute atomic E-state index is 0. The standard InChI is InChI=1S/Al.Fe.Li.H4O4Si.4H/c;;;1-5(2,3)4;;;;/h;;;1-4H;;;;. The van der Waals surface area contributed by atoms with Crippen molar-refractivity contribution in [2.45, 2.75) is 0 Å². The van der Waals surface area contributed by atoms with Crippen LogP contribution in [0, 0.1) is 0 Å². The Morgan fingerprint density at radius 2 is 0.875 bits per heavy atom. The first-order chi connectivity index (χ1) is 2.00. The van der Waals surface area contributed by atoms with Crippen molar-refractivity contribution in [1.29, 1.82) is 0 Å². The zero-order valence-electron chi connectivity index (χ0n) is 2.64. The summed E-state index contributed by atoms with van der Waals surface area (Å²) < 4.78 is 0. The predicted octanol–water partition coefficient (Wildman–Crippen LogP) is -4.44. The molecule has 0 aliphatic rings. The minimum atomic E-state index is -4.61. The molecule has 8 heavy (non-hydrogen) atoms. The summed E-state index contributed by atoms with van der Waals surface area (Å²) in [7, 11) is -4.61. The molecule has 0 atom stereocenters. The molecule has 0 rings (SSSR count). The van der Waals surface area contributed by atoms with E-state index in [1.165, 1.54) is 0 Å². The van der Waals surface area contributed by atoms with Crippen LogP contribution in [0.3, 0.4) is 0 Å². The van der Waals surface area contributed by atoms with E-state index < -0.39 is 9.05 Å². The van der Waals surface area contributed by atoms with Gasteiger partial charge in [-0.1, -0.05) is 0 Å². The molecule has 0 bridgehead atoms. The third-order valence-electron chi connectivity index (χ3n) is 0. The van der Waals surface area contributed by atoms with Crippen molar-refractivity contribution in [3.8, 4) is 0 Å². The van der Waals surface area contributed by atoms with Gasteiger partial charge in [-0.15, -0.1) is 0 Å². The van der Waals surface area contributed by atoms with Crippen LogP contribution in [0.2, 0.25) is 0 Å². The van der Waals surface area contributed by atoms with E-state index >= 15 is 0 Å². The van der Waals surface area contributed by atoms with Crippen molar-refractivity contribution < 1.29 is 36.3 Å². The van der Waals surface area contributed by atoms with Crippen LogP contribution >= 0.6 is 0 Å². The van der Waals surface area contributed by atoms with Gasteiger partial charge in [-0.3, -0.25) is 0 Å². The van der Waals surface area contributed by atoms with Gasteiger partial charge in [0.1, 0.15) is 0 Å². The summed E-state index contributed by atoms with van der Waals surface area (Å²) in [5, 5.41) is 0. The molecular formula is H8AlFeLiO4Si. The first kappa shape index (κ1) is 22.6. The van der Waals surface area contributed by atoms with E-state index in [-0.39, 0.29) is 53.3 Å². The second-order valence-electron chi connectivity index (χ2n) is 0.600.